The quantitative estimate of drug-likeness (QED) is 0.865. The number of likely N-dealkylation sites (tertiary alicyclic amines) is 1. The first kappa shape index (κ1) is 16.1. The van der Waals surface area contributed by atoms with Crippen LogP contribution in [-0.4, -0.2) is 57.0 Å². The molecule has 0 aromatic carbocycles. The van der Waals surface area contributed by atoms with Crippen molar-refractivity contribution in [3.05, 3.63) is 41.7 Å². The molecule has 3 heterocycles. The van der Waals surface area contributed by atoms with Gasteiger partial charge in [0.05, 0.1) is 23.7 Å². The van der Waals surface area contributed by atoms with Crippen molar-refractivity contribution in [1.29, 1.82) is 0 Å². The van der Waals surface area contributed by atoms with E-state index in [1.165, 1.54) is 24.8 Å². The lowest BCUT2D eigenvalue weighted by atomic mass is 9.77. The number of carbonyl (C=O) groups excluding carboxylic acids is 2. The largest absolute Gasteiger partial charge is 0.355 e. The van der Waals surface area contributed by atoms with E-state index in [1.54, 1.807) is 11.9 Å². The van der Waals surface area contributed by atoms with Gasteiger partial charge >= 0.3 is 0 Å². The second-order valence-corrected chi connectivity index (χ2v) is 6.22. The molecule has 0 spiro atoms. The van der Waals surface area contributed by atoms with Crippen LogP contribution >= 0.6 is 0 Å². The number of H-pyrrole nitrogens is 1. The third-order valence-electron chi connectivity index (χ3n) is 4.48. The lowest BCUT2D eigenvalue weighted by Crippen LogP contribution is -2.48. The molecule has 24 heavy (non-hydrogen) atoms. The average molecular weight is 328 g/mol. The first-order chi connectivity index (χ1) is 11.5. The molecule has 0 aliphatic carbocycles. The summed E-state index contributed by atoms with van der Waals surface area (Å²) in [5.74, 6) is -0.326. The molecular formula is C16H20N6O2. The Bertz CT molecular complexity index is 744. The zero-order valence-electron chi connectivity index (χ0n) is 13.7. The number of piperidine rings is 1. The second-order valence-electron chi connectivity index (χ2n) is 6.22. The molecular weight excluding hydrogens is 308 g/mol. The smallest absolute Gasteiger partial charge is 0.274 e. The first-order valence-electron chi connectivity index (χ1n) is 7.86. The number of hydrogen-bond acceptors (Lipinski definition) is 5. The van der Waals surface area contributed by atoms with Crippen LogP contribution in [0.4, 0.5) is 0 Å². The van der Waals surface area contributed by atoms with Gasteiger partial charge in [-0.1, -0.05) is 6.92 Å². The Labute approximate surface area is 139 Å². The Kier molecular flexibility index (Phi) is 4.28. The summed E-state index contributed by atoms with van der Waals surface area (Å²) in [6.45, 7) is 3.20. The molecule has 0 radical (unpaired) electrons. The molecule has 0 unspecified atom stereocenters. The van der Waals surface area contributed by atoms with E-state index in [2.05, 4.69) is 25.5 Å². The maximum Gasteiger partial charge on any atom is 0.274 e. The van der Waals surface area contributed by atoms with Crippen LogP contribution in [0.1, 0.15) is 46.3 Å². The molecule has 1 fully saturated rings. The van der Waals surface area contributed by atoms with Crippen molar-refractivity contribution in [2.24, 2.45) is 0 Å². The number of nitrogens with zero attached hydrogens (tertiary/aromatic N) is 4. The van der Waals surface area contributed by atoms with Gasteiger partial charge in [0.25, 0.3) is 11.8 Å². The number of carbonyl (C=O) groups is 2. The van der Waals surface area contributed by atoms with Crippen LogP contribution in [0.15, 0.2) is 24.8 Å². The Morgan fingerprint density at radius 3 is 2.88 bits per heavy atom. The number of hydrogen-bond donors (Lipinski definition) is 2. The van der Waals surface area contributed by atoms with Gasteiger partial charge in [-0.2, -0.15) is 5.10 Å². The van der Waals surface area contributed by atoms with Crippen molar-refractivity contribution in [3.63, 3.8) is 0 Å². The highest BCUT2D eigenvalue weighted by Gasteiger charge is 2.38. The predicted molar refractivity (Wildman–Crippen MR) is 86.5 cm³/mol. The van der Waals surface area contributed by atoms with Gasteiger partial charge in [-0.15, -0.1) is 0 Å². The highest BCUT2D eigenvalue weighted by molar-refractivity contribution is 5.95. The van der Waals surface area contributed by atoms with Crippen molar-refractivity contribution in [1.82, 2.24) is 30.4 Å². The van der Waals surface area contributed by atoms with Crippen LogP contribution in [0.5, 0.6) is 0 Å². The molecule has 2 aromatic heterocycles. The Hall–Kier alpha value is -2.77. The fourth-order valence-corrected chi connectivity index (χ4v) is 3.24. The lowest BCUT2D eigenvalue weighted by Gasteiger charge is -2.40. The van der Waals surface area contributed by atoms with Crippen molar-refractivity contribution in [3.8, 4) is 0 Å². The molecule has 126 valence electrons. The molecule has 1 saturated heterocycles. The van der Waals surface area contributed by atoms with Gasteiger partial charge in [0.2, 0.25) is 0 Å². The van der Waals surface area contributed by atoms with E-state index in [0.29, 0.717) is 24.3 Å². The summed E-state index contributed by atoms with van der Waals surface area (Å²) in [6, 6.07) is 0. The molecule has 8 heteroatoms. The fourth-order valence-electron chi connectivity index (χ4n) is 3.24. The summed E-state index contributed by atoms with van der Waals surface area (Å²) in [5, 5.41) is 9.61. The maximum absolute atomic E-state index is 12.7. The second kappa shape index (κ2) is 6.38. The van der Waals surface area contributed by atoms with Gasteiger partial charge in [-0.3, -0.25) is 19.7 Å². The number of rotatable bonds is 3. The van der Waals surface area contributed by atoms with Crippen molar-refractivity contribution in [2.45, 2.75) is 25.2 Å². The summed E-state index contributed by atoms with van der Waals surface area (Å²) >= 11 is 0. The van der Waals surface area contributed by atoms with Crippen LogP contribution in [-0.2, 0) is 5.41 Å². The summed E-state index contributed by atoms with van der Waals surface area (Å²) in [5.41, 5.74) is 1.25. The molecule has 1 aliphatic heterocycles. The van der Waals surface area contributed by atoms with Gasteiger partial charge < -0.3 is 10.2 Å². The van der Waals surface area contributed by atoms with E-state index in [0.717, 1.165) is 18.5 Å². The van der Waals surface area contributed by atoms with Crippen LogP contribution < -0.4 is 5.32 Å². The molecule has 0 saturated carbocycles. The molecule has 2 N–H and O–H groups in total. The molecule has 1 atom stereocenters. The first-order valence-corrected chi connectivity index (χ1v) is 7.86. The number of aromatic amines is 1. The van der Waals surface area contributed by atoms with Gasteiger partial charge in [0, 0.05) is 37.9 Å². The SMILES string of the molecule is CNC(=O)c1cn[nH]c1[C@@]1(C)CCCN(C(=O)c2cnccn2)C1. The average Bonchev–Trinajstić information content (AvgIpc) is 3.12. The minimum Gasteiger partial charge on any atom is -0.355 e. The molecule has 3 rings (SSSR count). The zero-order valence-corrected chi connectivity index (χ0v) is 13.7. The van der Waals surface area contributed by atoms with Gasteiger partial charge in [0.1, 0.15) is 5.69 Å². The maximum atomic E-state index is 12.7. The third-order valence-corrected chi connectivity index (χ3v) is 4.48. The van der Waals surface area contributed by atoms with E-state index in [9.17, 15) is 9.59 Å². The number of amides is 2. The van der Waals surface area contributed by atoms with Gasteiger partial charge in [-0.25, -0.2) is 4.98 Å². The Balaban J connectivity index is 1.86. The normalized spacial score (nSPS) is 20.7. The van der Waals surface area contributed by atoms with E-state index < -0.39 is 0 Å². The highest BCUT2D eigenvalue weighted by Crippen LogP contribution is 2.34. The molecule has 2 aromatic rings. The highest BCUT2D eigenvalue weighted by atomic mass is 16.2. The minimum atomic E-state index is -0.367. The third kappa shape index (κ3) is 2.86. The van der Waals surface area contributed by atoms with Gasteiger partial charge in [0.15, 0.2) is 0 Å². The fraction of sp³-hybridized carbons (Fsp3) is 0.438. The topological polar surface area (TPSA) is 104 Å². The summed E-state index contributed by atoms with van der Waals surface area (Å²) < 4.78 is 0. The van der Waals surface area contributed by atoms with Gasteiger partial charge in [-0.05, 0) is 12.8 Å². The van der Waals surface area contributed by atoms with Crippen molar-refractivity contribution < 1.29 is 9.59 Å². The Morgan fingerprint density at radius 2 is 2.17 bits per heavy atom. The van der Waals surface area contributed by atoms with Crippen molar-refractivity contribution >= 4 is 11.8 Å². The summed E-state index contributed by atoms with van der Waals surface area (Å²) in [7, 11) is 1.59. The minimum absolute atomic E-state index is 0.143. The molecule has 2 amide bonds. The van der Waals surface area contributed by atoms with Crippen molar-refractivity contribution in [2.75, 3.05) is 20.1 Å². The van der Waals surface area contributed by atoms with E-state index in [4.69, 9.17) is 0 Å². The molecule has 1 aliphatic rings. The van der Waals surface area contributed by atoms with Crippen LogP contribution in [0.25, 0.3) is 0 Å². The summed E-state index contributed by atoms with van der Waals surface area (Å²) in [4.78, 5) is 34.5. The van der Waals surface area contributed by atoms with E-state index >= 15 is 0 Å². The van der Waals surface area contributed by atoms with E-state index in [-0.39, 0.29) is 17.2 Å². The predicted octanol–water partition coefficient (Wildman–Crippen LogP) is 0.753. The summed E-state index contributed by atoms with van der Waals surface area (Å²) in [6.07, 6.45) is 7.76. The van der Waals surface area contributed by atoms with E-state index in [1.807, 2.05) is 6.92 Å². The van der Waals surface area contributed by atoms with Crippen LogP contribution in [0, 0.1) is 0 Å². The standard InChI is InChI=1S/C16H20N6O2/c1-16(13-11(8-20-21-13)14(23)17-2)4-3-7-22(10-16)15(24)12-9-18-5-6-19-12/h5-6,8-9H,3-4,7,10H2,1-2H3,(H,17,23)(H,20,21)/t16-/m0/s1. The molecule has 8 nitrogen and oxygen atoms in total. The van der Waals surface area contributed by atoms with Crippen LogP contribution in [0.2, 0.25) is 0 Å². The monoisotopic (exact) mass is 328 g/mol. The zero-order chi connectivity index (χ0) is 17.2. The number of nitrogens with one attached hydrogen (secondary N) is 2. The Morgan fingerprint density at radius 1 is 1.33 bits per heavy atom. The van der Waals surface area contributed by atoms with Crippen LogP contribution in [0.3, 0.4) is 0 Å². The number of aromatic nitrogens is 4. The molecule has 0 bridgehead atoms. The lowest BCUT2D eigenvalue weighted by molar-refractivity contribution is 0.0640.